The Kier molecular flexibility index (Phi) is 3.90. The molecule has 1 aromatic rings. The van der Waals surface area contributed by atoms with E-state index in [4.69, 9.17) is 5.73 Å². The lowest BCUT2D eigenvalue weighted by Crippen LogP contribution is -2.27. The lowest BCUT2D eigenvalue weighted by Gasteiger charge is -2.23. The van der Waals surface area contributed by atoms with Crippen molar-refractivity contribution < 1.29 is 0 Å². The minimum absolute atomic E-state index is 0.000787. The Morgan fingerprint density at radius 1 is 1.57 bits per heavy atom. The van der Waals surface area contributed by atoms with Gasteiger partial charge in [-0.3, -0.25) is 0 Å². The smallest absolute Gasteiger partial charge is 0.0178 e. The van der Waals surface area contributed by atoms with Gasteiger partial charge in [0.2, 0.25) is 0 Å². The van der Waals surface area contributed by atoms with Gasteiger partial charge in [-0.05, 0) is 24.1 Å². The lowest BCUT2D eigenvalue weighted by atomic mass is 9.84. The minimum Gasteiger partial charge on any atom is -0.330 e. The summed E-state index contributed by atoms with van der Waals surface area (Å²) in [4.78, 5) is 0. The summed E-state index contributed by atoms with van der Waals surface area (Å²) in [5.74, 6) is 0. The second kappa shape index (κ2) is 4.76. The van der Waals surface area contributed by atoms with Crippen molar-refractivity contribution in [1.82, 2.24) is 0 Å². The molecule has 1 rings (SSSR count). The average molecular weight is 254 g/mol. The molecule has 14 heavy (non-hydrogen) atoms. The SMILES string of the molecule is C=CC(C)(CN)Cc1cccc(Br)c1. The highest BCUT2D eigenvalue weighted by molar-refractivity contribution is 9.10. The van der Waals surface area contributed by atoms with Crippen LogP contribution in [-0.2, 0) is 6.42 Å². The Hall–Kier alpha value is -0.600. The molecular formula is C12H16BrN. The maximum Gasteiger partial charge on any atom is 0.0178 e. The predicted octanol–water partition coefficient (Wildman–Crippen LogP) is 3.14. The minimum atomic E-state index is 0.000787. The van der Waals surface area contributed by atoms with E-state index in [0.29, 0.717) is 6.54 Å². The largest absolute Gasteiger partial charge is 0.330 e. The first-order chi connectivity index (χ1) is 6.59. The average Bonchev–Trinajstić information content (AvgIpc) is 2.18. The molecule has 0 aromatic heterocycles. The molecule has 2 N–H and O–H groups in total. The molecule has 0 radical (unpaired) electrons. The zero-order chi connectivity index (χ0) is 10.6. The maximum atomic E-state index is 5.72. The zero-order valence-electron chi connectivity index (χ0n) is 8.46. The first-order valence-corrected chi connectivity index (χ1v) is 5.47. The van der Waals surface area contributed by atoms with Crippen molar-refractivity contribution in [3.8, 4) is 0 Å². The lowest BCUT2D eigenvalue weighted by molar-refractivity contribution is 0.439. The van der Waals surface area contributed by atoms with Gasteiger partial charge in [-0.15, -0.1) is 6.58 Å². The van der Waals surface area contributed by atoms with Crippen LogP contribution >= 0.6 is 15.9 Å². The van der Waals surface area contributed by atoms with E-state index >= 15 is 0 Å². The van der Waals surface area contributed by atoms with Crippen LogP contribution in [0.5, 0.6) is 0 Å². The molecule has 0 saturated heterocycles. The Balaban J connectivity index is 2.82. The summed E-state index contributed by atoms with van der Waals surface area (Å²) < 4.78 is 1.11. The highest BCUT2D eigenvalue weighted by atomic mass is 79.9. The van der Waals surface area contributed by atoms with E-state index in [-0.39, 0.29) is 5.41 Å². The molecule has 1 unspecified atom stereocenters. The monoisotopic (exact) mass is 253 g/mol. The van der Waals surface area contributed by atoms with Crippen molar-refractivity contribution in [2.75, 3.05) is 6.54 Å². The van der Waals surface area contributed by atoms with Gasteiger partial charge in [0.25, 0.3) is 0 Å². The van der Waals surface area contributed by atoms with Crippen LogP contribution in [-0.4, -0.2) is 6.54 Å². The molecule has 0 aliphatic carbocycles. The van der Waals surface area contributed by atoms with Gasteiger partial charge in [0.05, 0.1) is 0 Å². The van der Waals surface area contributed by atoms with Crippen LogP contribution in [0.15, 0.2) is 41.4 Å². The second-order valence-corrected chi connectivity index (χ2v) is 4.78. The molecule has 1 nitrogen and oxygen atoms in total. The maximum absolute atomic E-state index is 5.72. The molecule has 0 saturated carbocycles. The van der Waals surface area contributed by atoms with Crippen molar-refractivity contribution in [3.63, 3.8) is 0 Å². The molecule has 0 aliphatic heterocycles. The number of rotatable bonds is 4. The second-order valence-electron chi connectivity index (χ2n) is 3.87. The van der Waals surface area contributed by atoms with E-state index in [1.807, 2.05) is 18.2 Å². The van der Waals surface area contributed by atoms with Crippen molar-refractivity contribution in [1.29, 1.82) is 0 Å². The molecule has 0 spiro atoms. The third kappa shape index (κ3) is 2.96. The Bertz CT molecular complexity index is 322. The summed E-state index contributed by atoms with van der Waals surface area (Å²) in [6.45, 7) is 6.58. The molecule has 2 heteroatoms. The van der Waals surface area contributed by atoms with E-state index in [9.17, 15) is 0 Å². The van der Waals surface area contributed by atoms with Crippen LogP contribution in [0.1, 0.15) is 12.5 Å². The topological polar surface area (TPSA) is 26.0 Å². The highest BCUT2D eigenvalue weighted by Gasteiger charge is 2.18. The van der Waals surface area contributed by atoms with Gasteiger partial charge in [0.15, 0.2) is 0 Å². The van der Waals surface area contributed by atoms with Gasteiger partial charge in [0.1, 0.15) is 0 Å². The molecule has 0 fully saturated rings. The molecular weight excluding hydrogens is 238 g/mol. The van der Waals surface area contributed by atoms with Gasteiger partial charge < -0.3 is 5.73 Å². The van der Waals surface area contributed by atoms with Crippen molar-refractivity contribution >= 4 is 15.9 Å². The van der Waals surface area contributed by atoms with E-state index in [1.54, 1.807) is 0 Å². The number of hydrogen-bond acceptors (Lipinski definition) is 1. The summed E-state index contributed by atoms with van der Waals surface area (Å²) in [7, 11) is 0. The predicted molar refractivity (Wildman–Crippen MR) is 65.2 cm³/mol. The van der Waals surface area contributed by atoms with Crippen molar-refractivity contribution in [2.45, 2.75) is 13.3 Å². The quantitative estimate of drug-likeness (QED) is 0.821. The van der Waals surface area contributed by atoms with Gasteiger partial charge in [-0.1, -0.05) is 41.1 Å². The Morgan fingerprint density at radius 2 is 2.29 bits per heavy atom. The van der Waals surface area contributed by atoms with E-state index in [0.717, 1.165) is 10.9 Å². The fourth-order valence-corrected chi connectivity index (χ4v) is 1.79. The van der Waals surface area contributed by atoms with Gasteiger partial charge in [-0.2, -0.15) is 0 Å². The molecule has 0 bridgehead atoms. The first-order valence-electron chi connectivity index (χ1n) is 4.68. The van der Waals surface area contributed by atoms with E-state index < -0.39 is 0 Å². The summed E-state index contributed by atoms with van der Waals surface area (Å²) in [5, 5.41) is 0. The summed E-state index contributed by atoms with van der Waals surface area (Å²) in [5.41, 5.74) is 7.01. The van der Waals surface area contributed by atoms with Crippen LogP contribution in [0.25, 0.3) is 0 Å². The molecule has 0 amide bonds. The third-order valence-electron chi connectivity index (χ3n) is 2.46. The fraction of sp³-hybridized carbons (Fsp3) is 0.333. The van der Waals surface area contributed by atoms with Crippen LogP contribution in [0, 0.1) is 5.41 Å². The Labute approximate surface area is 94.1 Å². The summed E-state index contributed by atoms with van der Waals surface area (Å²) in [6.07, 6.45) is 2.88. The first kappa shape index (κ1) is 11.5. The molecule has 1 atom stereocenters. The number of nitrogens with two attached hydrogens (primary N) is 1. The molecule has 0 heterocycles. The van der Waals surface area contributed by atoms with Gasteiger partial charge in [0, 0.05) is 16.4 Å². The van der Waals surface area contributed by atoms with E-state index in [1.165, 1.54) is 5.56 Å². The number of halogens is 1. The highest BCUT2D eigenvalue weighted by Crippen LogP contribution is 2.23. The standard InChI is InChI=1S/C12H16BrN/c1-3-12(2,9-14)8-10-5-4-6-11(13)7-10/h3-7H,1,8-9,14H2,2H3. The van der Waals surface area contributed by atoms with Crippen molar-refractivity contribution in [2.24, 2.45) is 11.1 Å². The van der Waals surface area contributed by atoms with Gasteiger partial charge >= 0.3 is 0 Å². The molecule has 1 aromatic carbocycles. The fourth-order valence-electron chi connectivity index (χ4n) is 1.34. The van der Waals surface area contributed by atoms with Crippen LogP contribution in [0.2, 0.25) is 0 Å². The normalized spacial score (nSPS) is 14.8. The van der Waals surface area contributed by atoms with Crippen LogP contribution in [0.3, 0.4) is 0 Å². The third-order valence-corrected chi connectivity index (χ3v) is 2.95. The molecule has 0 aliphatic rings. The summed E-state index contributed by atoms with van der Waals surface area (Å²) >= 11 is 3.46. The van der Waals surface area contributed by atoms with Crippen LogP contribution in [0.4, 0.5) is 0 Å². The van der Waals surface area contributed by atoms with Crippen LogP contribution < -0.4 is 5.73 Å². The van der Waals surface area contributed by atoms with Crippen molar-refractivity contribution in [3.05, 3.63) is 47.0 Å². The van der Waals surface area contributed by atoms with Gasteiger partial charge in [-0.25, -0.2) is 0 Å². The zero-order valence-corrected chi connectivity index (χ0v) is 10.0. The number of hydrogen-bond donors (Lipinski definition) is 1. The van der Waals surface area contributed by atoms with E-state index in [2.05, 4.69) is 41.6 Å². The molecule has 76 valence electrons. The summed E-state index contributed by atoms with van der Waals surface area (Å²) in [6, 6.07) is 8.30. The Morgan fingerprint density at radius 3 is 2.79 bits per heavy atom. The number of benzene rings is 1.